The molecule has 0 rings (SSSR count). The average molecular weight is 246 g/mol. The summed E-state index contributed by atoms with van der Waals surface area (Å²) < 4.78 is 0. The molecule has 104 valence electrons. The molecule has 6 heteroatoms. The standard InChI is InChI=1S/C11H30N6/c12-4-2-1-3-11(14)17-10-9-16-8-7-15-6-5-13/h11,15-17H,1-10,12-14H2. The van der Waals surface area contributed by atoms with Crippen LogP contribution in [0.5, 0.6) is 0 Å². The van der Waals surface area contributed by atoms with E-state index in [9.17, 15) is 0 Å². The van der Waals surface area contributed by atoms with Gasteiger partial charge in [-0.05, 0) is 25.8 Å². The second-order valence-electron chi connectivity index (χ2n) is 4.13. The van der Waals surface area contributed by atoms with Crippen molar-refractivity contribution in [3.05, 3.63) is 0 Å². The number of rotatable bonds is 13. The monoisotopic (exact) mass is 246 g/mol. The highest BCUT2D eigenvalue weighted by Crippen LogP contribution is 1.94. The zero-order chi connectivity index (χ0) is 12.8. The van der Waals surface area contributed by atoms with Crippen LogP contribution in [0, 0.1) is 0 Å². The van der Waals surface area contributed by atoms with E-state index in [2.05, 4.69) is 16.0 Å². The van der Waals surface area contributed by atoms with Crippen molar-refractivity contribution in [3.8, 4) is 0 Å². The summed E-state index contributed by atoms with van der Waals surface area (Å²) in [5.41, 5.74) is 16.7. The lowest BCUT2D eigenvalue weighted by atomic mass is 10.2. The Morgan fingerprint density at radius 1 is 0.765 bits per heavy atom. The summed E-state index contributed by atoms with van der Waals surface area (Å²) in [7, 11) is 0. The molecule has 0 aromatic heterocycles. The third kappa shape index (κ3) is 13.7. The van der Waals surface area contributed by atoms with Gasteiger partial charge in [0.25, 0.3) is 0 Å². The van der Waals surface area contributed by atoms with E-state index in [0.29, 0.717) is 6.54 Å². The molecular weight excluding hydrogens is 216 g/mol. The highest BCUT2D eigenvalue weighted by atomic mass is 15.0. The smallest absolute Gasteiger partial charge is 0.0546 e. The lowest BCUT2D eigenvalue weighted by molar-refractivity contribution is 0.466. The fourth-order valence-electron chi connectivity index (χ4n) is 1.49. The molecule has 0 aliphatic carbocycles. The van der Waals surface area contributed by atoms with E-state index in [0.717, 1.165) is 58.5 Å². The molecule has 0 bridgehead atoms. The fourth-order valence-corrected chi connectivity index (χ4v) is 1.49. The summed E-state index contributed by atoms with van der Waals surface area (Å²) >= 11 is 0. The first-order valence-electron chi connectivity index (χ1n) is 6.61. The SMILES string of the molecule is NCCCCC(N)NCCNCCNCCN. The number of hydrogen-bond acceptors (Lipinski definition) is 6. The van der Waals surface area contributed by atoms with Gasteiger partial charge in [-0.25, -0.2) is 0 Å². The first kappa shape index (κ1) is 16.8. The zero-order valence-corrected chi connectivity index (χ0v) is 10.9. The topological polar surface area (TPSA) is 114 Å². The normalized spacial score (nSPS) is 12.9. The van der Waals surface area contributed by atoms with Gasteiger partial charge in [0.15, 0.2) is 0 Å². The minimum Gasteiger partial charge on any atom is -0.330 e. The van der Waals surface area contributed by atoms with Crippen molar-refractivity contribution in [1.29, 1.82) is 0 Å². The second kappa shape index (κ2) is 13.8. The average Bonchev–Trinajstić information content (AvgIpc) is 2.33. The van der Waals surface area contributed by atoms with Gasteiger partial charge in [0.05, 0.1) is 6.17 Å². The molecule has 0 radical (unpaired) electrons. The number of unbranched alkanes of at least 4 members (excludes halogenated alkanes) is 1. The Bertz CT molecular complexity index is 144. The Kier molecular flexibility index (Phi) is 13.6. The molecule has 6 nitrogen and oxygen atoms in total. The highest BCUT2D eigenvalue weighted by molar-refractivity contribution is 4.61. The minimum absolute atomic E-state index is 0.0960. The van der Waals surface area contributed by atoms with Crippen LogP contribution in [-0.2, 0) is 0 Å². The van der Waals surface area contributed by atoms with Crippen LogP contribution in [-0.4, -0.2) is 52.0 Å². The molecular formula is C11H30N6. The molecule has 0 fully saturated rings. The van der Waals surface area contributed by atoms with Crippen LogP contribution in [0.2, 0.25) is 0 Å². The summed E-state index contributed by atoms with van der Waals surface area (Å²) in [6, 6.07) is 0. The van der Waals surface area contributed by atoms with Crippen LogP contribution in [0.4, 0.5) is 0 Å². The summed E-state index contributed by atoms with van der Waals surface area (Å²) in [6.07, 6.45) is 3.25. The van der Waals surface area contributed by atoms with Gasteiger partial charge in [-0.3, -0.25) is 0 Å². The molecule has 0 spiro atoms. The van der Waals surface area contributed by atoms with E-state index in [4.69, 9.17) is 17.2 Å². The van der Waals surface area contributed by atoms with Crippen molar-refractivity contribution < 1.29 is 0 Å². The predicted octanol–water partition coefficient (Wildman–Crippen LogP) is -1.87. The summed E-state index contributed by atoms with van der Waals surface area (Å²) in [6.45, 7) is 6.09. The van der Waals surface area contributed by atoms with Gasteiger partial charge in [0, 0.05) is 39.3 Å². The van der Waals surface area contributed by atoms with Gasteiger partial charge in [-0.15, -0.1) is 0 Å². The first-order chi connectivity index (χ1) is 8.31. The number of nitrogens with one attached hydrogen (secondary N) is 3. The van der Waals surface area contributed by atoms with Crippen LogP contribution in [0.3, 0.4) is 0 Å². The summed E-state index contributed by atoms with van der Waals surface area (Å²) in [5.74, 6) is 0. The number of nitrogens with two attached hydrogens (primary N) is 3. The zero-order valence-electron chi connectivity index (χ0n) is 10.9. The van der Waals surface area contributed by atoms with Crippen molar-refractivity contribution in [1.82, 2.24) is 16.0 Å². The van der Waals surface area contributed by atoms with Crippen LogP contribution in [0.1, 0.15) is 19.3 Å². The molecule has 0 saturated heterocycles. The maximum Gasteiger partial charge on any atom is 0.0546 e. The van der Waals surface area contributed by atoms with Crippen LogP contribution in [0.15, 0.2) is 0 Å². The third-order valence-electron chi connectivity index (χ3n) is 2.48. The van der Waals surface area contributed by atoms with E-state index >= 15 is 0 Å². The third-order valence-corrected chi connectivity index (χ3v) is 2.48. The molecule has 1 atom stereocenters. The van der Waals surface area contributed by atoms with E-state index in [1.165, 1.54) is 0 Å². The summed E-state index contributed by atoms with van der Waals surface area (Å²) in [5, 5.41) is 9.83. The first-order valence-corrected chi connectivity index (χ1v) is 6.61. The second-order valence-corrected chi connectivity index (χ2v) is 4.13. The Morgan fingerprint density at radius 2 is 1.41 bits per heavy atom. The molecule has 0 aliphatic rings. The Labute approximate surface area is 105 Å². The van der Waals surface area contributed by atoms with Crippen LogP contribution in [0.25, 0.3) is 0 Å². The minimum atomic E-state index is 0.0960. The summed E-state index contributed by atoms with van der Waals surface area (Å²) in [4.78, 5) is 0. The molecule has 9 N–H and O–H groups in total. The Morgan fingerprint density at radius 3 is 2.06 bits per heavy atom. The van der Waals surface area contributed by atoms with Gasteiger partial charge < -0.3 is 33.2 Å². The van der Waals surface area contributed by atoms with Crippen LogP contribution < -0.4 is 33.2 Å². The van der Waals surface area contributed by atoms with E-state index in [-0.39, 0.29) is 6.17 Å². The van der Waals surface area contributed by atoms with Gasteiger partial charge in [0.1, 0.15) is 0 Å². The van der Waals surface area contributed by atoms with Crippen molar-refractivity contribution in [2.45, 2.75) is 25.4 Å². The molecule has 0 aliphatic heterocycles. The van der Waals surface area contributed by atoms with Crippen molar-refractivity contribution >= 4 is 0 Å². The molecule has 1 unspecified atom stereocenters. The number of hydrogen-bond donors (Lipinski definition) is 6. The Balaban J connectivity index is 3.05. The largest absolute Gasteiger partial charge is 0.330 e. The molecule has 0 saturated carbocycles. The molecule has 0 amide bonds. The van der Waals surface area contributed by atoms with E-state index < -0.39 is 0 Å². The van der Waals surface area contributed by atoms with Gasteiger partial charge in [-0.1, -0.05) is 0 Å². The Hall–Kier alpha value is -0.240. The maximum atomic E-state index is 5.89. The van der Waals surface area contributed by atoms with Crippen molar-refractivity contribution in [3.63, 3.8) is 0 Å². The van der Waals surface area contributed by atoms with Crippen molar-refractivity contribution in [2.75, 3.05) is 45.8 Å². The van der Waals surface area contributed by atoms with Gasteiger partial charge in [-0.2, -0.15) is 0 Å². The fraction of sp³-hybridized carbons (Fsp3) is 1.00. The van der Waals surface area contributed by atoms with Crippen LogP contribution >= 0.6 is 0 Å². The maximum absolute atomic E-state index is 5.89. The molecule has 0 aromatic rings. The van der Waals surface area contributed by atoms with Gasteiger partial charge in [0.2, 0.25) is 0 Å². The molecule has 0 heterocycles. The highest BCUT2D eigenvalue weighted by Gasteiger charge is 1.99. The lowest BCUT2D eigenvalue weighted by Gasteiger charge is -2.13. The molecule has 17 heavy (non-hydrogen) atoms. The van der Waals surface area contributed by atoms with Crippen molar-refractivity contribution in [2.24, 2.45) is 17.2 Å². The quantitative estimate of drug-likeness (QED) is 0.168. The van der Waals surface area contributed by atoms with E-state index in [1.807, 2.05) is 0 Å². The lowest BCUT2D eigenvalue weighted by Crippen LogP contribution is -2.42. The molecule has 0 aromatic carbocycles. The predicted molar refractivity (Wildman–Crippen MR) is 73.7 cm³/mol. The van der Waals surface area contributed by atoms with Gasteiger partial charge >= 0.3 is 0 Å². The van der Waals surface area contributed by atoms with E-state index in [1.54, 1.807) is 0 Å².